The number of hydrogen-bond donors (Lipinski definition) is 2. The number of hydrogen-bond acceptors (Lipinski definition) is 5. The molecule has 3 heterocycles. The predicted molar refractivity (Wildman–Crippen MR) is 66.5 cm³/mol. The fourth-order valence-corrected chi connectivity index (χ4v) is 1.94. The third-order valence-electron chi connectivity index (χ3n) is 2.83. The standard InChI is InChI=1S/C11H7N7O/c19-10-8(16-17-11-12-5-13-18(10)11)9-14-6-3-1-2-4-7(6)15-9/h1-5H,(H,14,15)(H,12,13,17). The van der Waals surface area contributed by atoms with E-state index in [1.54, 1.807) is 0 Å². The van der Waals surface area contributed by atoms with E-state index in [-0.39, 0.29) is 17.0 Å². The van der Waals surface area contributed by atoms with E-state index in [9.17, 15) is 4.79 Å². The lowest BCUT2D eigenvalue weighted by atomic mass is 10.3. The predicted octanol–water partition coefficient (Wildman–Crippen LogP) is 0.356. The van der Waals surface area contributed by atoms with Gasteiger partial charge in [0.2, 0.25) is 0 Å². The number of aromatic nitrogens is 7. The number of benzene rings is 1. The van der Waals surface area contributed by atoms with Crippen LogP contribution in [-0.4, -0.2) is 34.8 Å². The van der Waals surface area contributed by atoms with Crippen LogP contribution in [0.3, 0.4) is 0 Å². The molecule has 0 fully saturated rings. The van der Waals surface area contributed by atoms with Gasteiger partial charge in [0.15, 0.2) is 11.5 Å². The summed E-state index contributed by atoms with van der Waals surface area (Å²) < 4.78 is 1.22. The molecule has 8 heteroatoms. The van der Waals surface area contributed by atoms with Gasteiger partial charge < -0.3 is 4.98 Å². The summed E-state index contributed by atoms with van der Waals surface area (Å²) in [7, 11) is 0. The Kier molecular flexibility index (Phi) is 1.82. The molecule has 2 N–H and O–H groups in total. The van der Waals surface area contributed by atoms with Crippen molar-refractivity contribution in [1.29, 1.82) is 0 Å². The highest BCUT2D eigenvalue weighted by atomic mass is 16.1. The highest BCUT2D eigenvalue weighted by molar-refractivity contribution is 5.78. The molecule has 4 rings (SSSR count). The molecule has 0 bridgehead atoms. The van der Waals surface area contributed by atoms with Crippen molar-refractivity contribution in [2.45, 2.75) is 0 Å². The molecule has 0 aliphatic heterocycles. The number of para-hydroxylation sites is 2. The highest BCUT2D eigenvalue weighted by Gasteiger charge is 2.14. The van der Waals surface area contributed by atoms with Gasteiger partial charge >= 0.3 is 5.56 Å². The van der Waals surface area contributed by atoms with Crippen LogP contribution in [0.2, 0.25) is 0 Å². The Morgan fingerprint density at radius 2 is 2.05 bits per heavy atom. The van der Waals surface area contributed by atoms with Crippen LogP contribution in [0.15, 0.2) is 35.4 Å². The summed E-state index contributed by atoms with van der Waals surface area (Å²) in [5.74, 6) is 0.618. The SMILES string of the molecule is O=c1c(-c2nc3ccccc3[nH]2)nnc2nc[nH]n12. The maximum absolute atomic E-state index is 12.2. The van der Waals surface area contributed by atoms with Gasteiger partial charge in [0.05, 0.1) is 11.0 Å². The van der Waals surface area contributed by atoms with Crippen LogP contribution in [0, 0.1) is 0 Å². The van der Waals surface area contributed by atoms with Crippen LogP contribution in [0.4, 0.5) is 0 Å². The second-order valence-corrected chi connectivity index (χ2v) is 3.98. The molecule has 0 aliphatic carbocycles. The lowest BCUT2D eigenvalue weighted by Crippen LogP contribution is -2.19. The first-order valence-corrected chi connectivity index (χ1v) is 5.57. The normalized spacial score (nSPS) is 11.4. The number of aromatic amines is 2. The Hall–Kier alpha value is -3.03. The fourth-order valence-electron chi connectivity index (χ4n) is 1.94. The van der Waals surface area contributed by atoms with Crippen LogP contribution in [0.1, 0.15) is 0 Å². The first-order chi connectivity index (χ1) is 9.33. The molecule has 0 spiro atoms. The van der Waals surface area contributed by atoms with Crippen LogP contribution in [0.25, 0.3) is 28.3 Å². The van der Waals surface area contributed by atoms with Crippen molar-refractivity contribution in [2.24, 2.45) is 0 Å². The fraction of sp³-hybridized carbons (Fsp3) is 0. The molecular weight excluding hydrogens is 246 g/mol. The van der Waals surface area contributed by atoms with Gasteiger partial charge in [-0.3, -0.25) is 9.89 Å². The van der Waals surface area contributed by atoms with E-state index in [2.05, 4.69) is 30.2 Å². The van der Waals surface area contributed by atoms with E-state index in [4.69, 9.17) is 0 Å². The lowest BCUT2D eigenvalue weighted by Gasteiger charge is -1.94. The Morgan fingerprint density at radius 1 is 1.16 bits per heavy atom. The van der Waals surface area contributed by atoms with Crippen LogP contribution in [-0.2, 0) is 0 Å². The van der Waals surface area contributed by atoms with Crippen molar-refractivity contribution in [3.05, 3.63) is 40.9 Å². The number of nitrogens with one attached hydrogen (secondary N) is 2. The van der Waals surface area contributed by atoms with Gasteiger partial charge in [-0.25, -0.2) is 4.98 Å². The number of nitrogens with zero attached hydrogens (tertiary/aromatic N) is 5. The van der Waals surface area contributed by atoms with Gasteiger partial charge in [-0.2, -0.15) is 9.50 Å². The van der Waals surface area contributed by atoms with Gasteiger partial charge in [-0.15, -0.1) is 10.2 Å². The summed E-state index contributed by atoms with van der Waals surface area (Å²) >= 11 is 0. The molecule has 8 nitrogen and oxygen atoms in total. The van der Waals surface area contributed by atoms with Crippen molar-refractivity contribution in [1.82, 2.24) is 34.8 Å². The molecule has 3 aromatic heterocycles. The van der Waals surface area contributed by atoms with Crippen molar-refractivity contribution in [3.63, 3.8) is 0 Å². The quantitative estimate of drug-likeness (QED) is 0.509. The number of H-pyrrole nitrogens is 2. The minimum atomic E-state index is -0.346. The minimum Gasteiger partial charge on any atom is -0.336 e. The number of rotatable bonds is 1. The smallest absolute Gasteiger partial charge is 0.304 e. The maximum atomic E-state index is 12.2. The molecule has 0 aliphatic rings. The largest absolute Gasteiger partial charge is 0.336 e. The summed E-state index contributed by atoms with van der Waals surface area (Å²) in [6, 6.07) is 7.51. The first kappa shape index (κ1) is 9.95. The molecular formula is C11H7N7O. The summed E-state index contributed by atoms with van der Waals surface area (Å²) in [6.45, 7) is 0. The molecule has 0 saturated carbocycles. The third kappa shape index (κ3) is 1.36. The first-order valence-electron chi connectivity index (χ1n) is 5.57. The molecule has 0 amide bonds. The average Bonchev–Trinajstić information content (AvgIpc) is 3.05. The molecule has 0 atom stereocenters. The average molecular weight is 253 g/mol. The van der Waals surface area contributed by atoms with Crippen molar-refractivity contribution >= 4 is 16.8 Å². The second kappa shape index (κ2) is 3.48. The molecule has 19 heavy (non-hydrogen) atoms. The van der Waals surface area contributed by atoms with Crippen LogP contribution < -0.4 is 5.56 Å². The molecule has 4 aromatic rings. The Balaban J connectivity index is 2.03. The number of imidazole rings is 1. The second-order valence-electron chi connectivity index (χ2n) is 3.98. The van der Waals surface area contributed by atoms with Crippen molar-refractivity contribution in [3.8, 4) is 11.5 Å². The summed E-state index contributed by atoms with van der Waals surface area (Å²) in [4.78, 5) is 23.4. The summed E-state index contributed by atoms with van der Waals surface area (Å²) in [5, 5.41) is 10.4. The van der Waals surface area contributed by atoms with E-state index in [0.717, 1.165) is 11.0 Å². The maximum Gasteiger partial charge on any atom is 0.304 e. The Labute approximate surface area is 105 Å². The zero-order chi connectivity index (χ0) is 12.8. The minimum absolute atomic E-state index is 0.151. The van der Waals surface area contributed by atoms with Crippen molar-refractivity contribution < 1.29 is 0 Å². The lowest BCUT2D eigenvalue weighted by molar-refractivity contribution is 0.851. The van der Waals surface area contributed by atoms with Gasteiger partial charge in [0, 0.05) is 0 Å². The molecule has 0 unspecified atom stereocenters. The third-order valence-corrected chi connectivity index (χ3v) is 2.83. The summed E-state index contributed by atoms with van der Waals surface area (Å²) in [6.07, 6.45) is 1.38. The van der Waals surface area contributed by atoms with Crippen LogP contribution in [0.5, 0.6) is 0 Å². The van der Waals surface area contributed by atoms with E-state index in [0.29, 0.717) is 5.82 Å². The van der Waals surface area contributed by atoms with Gasteiger partial charge in [0.25, 0.3) is 5.78 Å². The molecule has 1 aromatic carbocycles. The van der Waals surface area contributed by atoms with Crippen molar-refractivity contribution in [2.75, 3.05) is 0 Å². The molecule has 0 radical (unpaired) electrons. The number of fused-ring (bicyclic) bond motifs is 2. The van der Waals surface area contributed by atoms with E-state index in [1.165, 1.54) is 10.8 Å². The molecule has 0 saturated heterocycles. The Bertz CT molecular complexity index is 915. The zero-order valence-electron chi connectivity index (χ0n) is 9.53. The topological polar surface area (TPSA) is 105 Å². The zero-order valence-corrected chi connectivity index (χ0v) is 9.53. The van der Waals surface area contributed by atoms with Crippen LogP contribution >= 0.6 is 0 Å². The van der Waals surface area contributed by atoms with Gasteiger partial charge in [0.1, 0.15) is 6.33 Å². The van der Waals surface area contributed by atoms with E-state index >= 15 is 0 Å². The highest BCUT2D eigenvalue weighted by Crippen LogP contribution is 2.15. The van der Waals surface area contributed by atoms with Gasteiger partial charge in [-0.05, 0) is 12.1 Å². The monoisotopic (exact) mass is 253 g/mol. The Morgan fingerprint density at radius 3 is 2.95 bits per heavy atom. The van der Waals surface area contributed by atoms with E-state index < -0.39 is 0 Å². The molecule has 92 valence electrons. The summed E-state index contributed by atoms with van der Waals surface area (Å²) in [5.41, 5.74) is 1.42. The van der Waals surface area contributed by atoms with E-state index in [1.807, 2.05) is 24.3 Å². The van der Waals surface area contributed by atoms with Gasteiger partial charge in [-0.1, -0.05) is 12.1 Å².